The number of anilines is 1. The maximum atomic E-state index is 13.9. The van der Waals surface area contributed by atoms with E-state index < -0.39 is 12.2 Å². The van der Waals surface area contributed by atoms with Crippen molar-refractivity contribution in [1.29, 1.82) is 5.26 Å². The standard InChI is InChI=1S/C21H23F2N5O/c22-14-10-16(11-24)28(12-14)20(29)13-27-8-5-15(6-9-27)26-19-4-3-18(23)21-17(19)2-1-7-25-21/h1-4,7,14-16,26H,5-6,8-10,12-13H2/t14-,16-/m0/s1. The first-order valence-electron chi connectivity index (χ1n) is 9.90. The summed E-state index contributed by atoms with van der Waals surface area (Å²) in [5.74, 6) is -0.522. The van der Waals surface area contributed by atoms with Gasteiger partial charge in [0.1, 0.15) is 23.5 Å². The second kappa shape index (κ2) is 8.29. The topological polar surface area (TPSA) is 72.3 Å². The van der Waals surface area contributed by atoms with E-state index in [4.69, 9.17) is 5.26 Å². The molecule has 2 aliphatic rings. The van der Waals surface area contributed by atoms with Gasteiger partial charge in [-0.05, 0) is 37.1 Å². The Balaban J connectivity index is 1.33. The summed E-state index contributed by atoms with van der Waals surface area (Å²) in [6, 6.07) is 8.37. The second-order valence-electron chi connectivity index (χ2n) is 7.71. The van der Waals surface area contributed by atoms with Crippen LogP contribution in [0.5, 0.6) is 0 Å². The molecule has 8 heteroatoms. The SMILES string of the molecule is N#C[C@@H]1C[C@H](F)CN1C(=O)CN1CCC(Nc2ccc(F)c3ncccc23)CC1. The van der Waals surface area contributed by atoms with E-state index in [1.54, 1.807) is 18.3 Å². The highest BCUT2D eigenvalue weighted by Gasteiger charge is 2.36. The average Bonchev–Trinajstić information content (AvgIpc) is 3.13. The Morgan fingerprint density at radius 3 is 2.86 bits per heavy atom. The maximum Gasteiger partial charge on any atom is 0.237 e. The first-order chi connectivity index (χ1) is 14.0. The number of aromatic nitrogens is 1. The van der Waals surface area contributed by atoms with E-state index in [9.17, 15) is 13.6 Å². The molecule has 2 atom stereocenters. The lowest BCUT2D eigenvalue weighted by atomic mass is 10.0. The molecule has 2 saturated heterocycles. The first kappa shape index (κ1) is 19.5. The Hall–Kier alpha value is -2.79. The van der Waals surface area contributed by atoms with Crippen molar-refractivity contribution in [3.05, 3.63) is 36.3 Å². The minimum absolute atomic E-state index is 0.0146. The first-order valence-corrected chi connectivity index (χ1v) is 9.90. The molecule has 4 rings (SSSR count). The molecule has 1 N–H and O–H groups in total. The van der Waals surface area contributed by atoms with Crippen LogP contribution in [0.25, 0.3) is 10.9 Å². The molecular weight excluding hydrogens is 376 g/mol. The molecular formula is C21H23F2N5O. The van der Waals surface area contributed by atoms with Crippen LogP contribution in [0, 0.1) is 17.1 Å². The van der Waals surface area contributed by atoms with Gasteiger partial charge in [-0.1, -0.05) is 0 Å². The number of rotatable bonds is 4. The third kappa shape index (κ3) is 4.15. The summed E-state index contributed by atoms with van der Waals surface area (Å²) in [7, 11) is 0. The number of amides is 1. The molecule has 152 valence electrons. The van der Waals surface area contributed by atoms with Crippen molar-refractivity contribution in [3.63, 3.8) is 0 Å². The number of piperidine rings is 1. The van der Waals surface area contributed by atoms with Crippen LogP contribution in [-0.2, 0) is 4.79 Å². The Morgan fingerprint density at radius 2 is 2.10 bits per heavy atom. The Morgan fingerprint density at radius 1 is 1.31 bits per heavy atom. The van der Waals surface area contributed by atoms with Crippen molar-refractivity contribution in [2.24, 2.45) is 0 Å². The van der Waals surface area contributed by atoms with Gasteiger partial charge in [0, 0.05) is 42.8 Å². The third-order valence-corrected chi connectivity index (χ3v) is 5.75. The molecule has 1 aromatic carbocycles. The fraction of sp³-hybridized carbons (Fsp3) is 0.476. The molecule has 0 spiro atoms. The van der Waals surface area contributed by atoms with Crippen molar-refractivity contribution >= 4 is 22.5 Å². The highest BCUT2D eigenvalue weighted by molar-refractivity contribution is 5.91. The van der Waals surface area contributed by atoms with Gasteiger partial charge in [-0.2, -0.15) is 5.26 Å². The number of likely N-dealkylation sites (tertiary alicyclic amines) is 2. The van der Waals surface area contributed by atoms with Crippen molar-refractivity contribution in [1.82, 2.24) is 14.8 Å². The van der Waals surface area contributed by atoms with Gasteiger partial charge >= 0.3 is 0 Å². The quantitative estimate of drug-likeness (QED) is 0.856. The highest BCUT2D eigenvalue weighted by atomic mass is 19.1. The number of fused-ring (bicyclic) bond motifs is 1. The highest BCUT2D eigenvalue weighted by Crippen LogP contribution is 2.27. The van der Waals surface area contributed by atoms with Crippen LogP contribution in [0.4, 0.5) is 14.5 Å². The Kier molecular flexibility index (Phi) is 5.58. The Labute approximate surface area is 168 Å². The molecule has 2 aromatic rings. The Bertz CT molecular complexity index is 938. The monoisotopic (exact) mass is 399 g/mol. The predicted octanol–water partition coefficient (Wildman–Crippen LogP) is 2.71. The molecule has 0 bridgehead atoms. The van der Waals surface area contributed by atoms with Gasteiger partial charge in [0.15, 0.2) is 0 Å². The van der Waals surface area contributed by atoms with E-state index >= 15 is 0 Å². The van der Waals surface area contributed by atoms with Crippen molar-refractivity contribution in [2.45, 2.75) is 37.5 Å². The van der Waals surface area contributed by atoms with Gasteiger partial charge in [-0.3, -0.25) is 14.7 Å². The molecule has 2 aliphatic heterocycles. The molecule has 29 heavy (non-hydrogen) atoms. The summed E-state index contributed by atoms with van der Waals surface area (Å²) >= 11 is 0. The molecule has 0 unspecified atom stereocenters. The number of benzene rings is 1. The fourth-order valence-electron chi connectivity index (χ4n) is 4.18. The summed E-state index contributed by atoms with van der Waals surface area (Å²) in [4.78, 5) is 20.0. The van der Waals surface area contributed by atoms with E-state index in [1.807, 2.05) is 17.0 Å². The summed E-state index contributed by atoms with van der Waals surface area (Å²) in [6.45, 7) is 1.68. The fourth-order valence-corrected chi connectivity index (χ4v) is 4.18. The van der Waals surface area contributed by atoms with E-state index in [2.05, 4.69) is 10.3 Å². The van der Waals surface area contributed by atoms with Gasteiger partial charge in [0.2, 0.25) is 5.91 Å². The molecule has 3 heterocycles. The molecule has 0 radical (unpaired) electrons. The zero-order chi connectivity index (χ0) is 20.4. The third-order valence-electron chi connectivity index (χ3n) is 5.75. The summed E-state index contributed by atoms with van der Waals surface area (Å²) in [5.41, 5.74) is 1.20. The van der Waals surface area contributed by atoms with E-state index in [1.165, 1.54) is 11.0 Å². The maximum absolute atomic E-state index is 13.9. The molecule has 1 amide bonds. The molecule has 1 aromatic heterocycles. The van der Waals surface area contributed by atoms with E-state index in [0.29, 0.717) is 5.52 Å². The lowest BCUT2D eigenvalue weighted by Gasteiger charge is -2.33. The van der Waals surface area contributed by atoms with Crippen molar-refractivity contribution in [3.8, 4) is 6.07 Å². The summed E-state index contributed by atoms with van der Waals surface area (Å²) < 4.78 is 27.5. The normalized spacial score (nSPS) is 23.3. The van der Waals surface area contributed by atoms with Crippen LogP contribution in [0.2, 0.25) is 0 Å². The van der Waals surface area contributed by atoms with Crippen LogP contribution in [0.1, 0.15) is 19.3 Å². The van der Waals surface area contributed by atoms with Gasteiger partial charge in [-0.25, -0.2) is 8.78 Å². The smallest absolute Gasteiger partial charge is 0.237 e. The molecule has 0 aliphatic carbocycles. The molecule has 2 fully saturated rings. The number of carbonyl (C=O) groups excluding carboxylic acids is 1. The lowest BCUT2D eigenvalue weighted by molar-refractivity contribution is -0.132. The lowest BCUT2D eigenvalue weighted by Crippen LogP contribution is -2.46. The zero-order valence-corrected chi connectivity index (χ0v) is 16.0. The number of carbonyl (C=O) groups is 1. The van der Waals surface area contributed by atoms with Crippen LogP contribution in [-0.4, -0.2) is 65.1 Å². The van der Waals surface area contributed by atoms with Crippen molar-refractivity contribution < 1.29 is 13.6 Å². The van der Waals surface area contributed by atoms with Gasteiger partial charge in [0.25, 0.3) is 0 Å². The average molecular weight is 399 g/mol. The van der Waals surface area contributed by atoms with Crippen LogP contribution in [0.3, 0.4) is 0 Å². The molecule has 6 nitrogen and oxygen atoms in total. The van der Waals surface area contributed by atoms with Crippen LogP contribution in [0.15, 0.2) is 30.5 Å². The number of nitriles is 1. The number of hydrogen-bond acceptors (Lipinski definition) is 5. The van der Waals surface area contributed by atoms with E-state index in [0.717, 1.165) is 37.0 Å². The minimum atomic E-state index is -1.11. The van der Waals surface area contributed by atoms with E-state index in [-0.39, 0.29) is 37.3 Å². The second-order valence-corrected chi connectivity index (χ2v) is 7.71. The van der Waals surface area contributed by atoms with Gasteiger partial charge < -0.3 is 10.2 Å². The number of nitrogens with zero attached hydrogens (tertiary/aromatic N) is 4. The number of alkyl halides is 1. The largest absolute Gasteiger partial charge is 0.382 e. The predicted molar refractivity (Wildman–Crippen MR) is 105 cm³/mol. The van der Waals surface area contributed by atoms with Gasteiger partial charge in [-0.15, -0.1) is 0 Å². The van der Waals surface area contributed by atoms with Crippen LogP contribution >= 0.6 is 0 Å². The number of pyridine rings is 1. The number of halogens is 2. The van der Waals surface area contributed by atoms with Crippen LogP contribution < -0.4 is 5.32 Å². The number of hydrogen-bond donors (Lipinski definition) is 1. The number of nitrogens with one attached hydrogen (secondary N) is 1. The van der Waals surface area contributed by atoms with Crippen molar-refractivity contribution in [2.75, 3.05) is 31.5 Å². The summed E-state index contributed by atoms with van der Waals surface area (Å²) in [6.07, 6.45) is 2.24. The molecule has 0 saturated carbocycles. The summed E-state index contributed by atoms with van der Waals surface area (Å²) in [5, 5.41) is 13.3. The van der Waals surface area contributed by atoms with Gasteiger partial charge in [0.05, 0.1) is 19.2 Å². The zero-order valence-electron chi connectivity index (χ0n) is 16.0. The minimum Gasteiger partial charge on any atom is -0.382 e.